The van der Waals surface area contributed by atoms with Crippen molar-refractivity contribution >= 4 is 11.0 Å². The van der Waals surface area contributed by atoms with Crippen LogP contribution in [0.2, 0.25) is 0 Å². The van der Waals surface area contributed by atoms with E-state index in [-0.39, 0.29) is 11.0 Å². The molecule has 0 saturated heterocycles. The highest BCUT2D eigenvalue weighted by Crippen LogP contribution is 2.20. The highest BCUT2D eigenvalue weighted by molar-refractivity contribution is 5.82. The Hall–Kier alpha value is -1.77. The molecule has 0 fully saturated rings. The van der Waals surface area contributed by atoms with Crippen LogP contribution in [-0.4, -0.2) is 5.11 Å². The molecule has 1 aromatic heterocycles. The maximum Gasteiger partial charge on any atom is 0.339 e. The largest absolute Gasteiger partial charge is 0.507 e. The average molecular weight is 166 g/mol. The molecule has 0 atom stereocenters. The zero-order chi connectivity index (χ0) is 12.0. The van der Waals surface area contributed by atoms with Crippen molar-refractivity contribution < 1.29 is 15.0 Å². The van der Waals surface area contributed by atoms with Gasteiger partial charge in [-0.05, 0) is 12.1 Å². The van der Waals surface area contributed by atoms with Gasteiger partial charge >= 0.3 is 5.63 Å². The third kappa shape index (κ3) is 0.955. The molecule has 1 aromatic carbocycles. The van der Waals surface area contributed by atoms with Gasteiger partial charge in [0.1, 0.15) is 11.3 Å². The van der Waals surface area contributed by atoms with Crippen molar-refractivity contribution in [3.8, 4) is 5.75 Å². The summed E-state index contributed by atoms with van der Waals surface area (Å²) >= 11 is 0. The zero-order valence-electron chi connectivity index (χ0n) is 9.84. The van der Waals surface area contributed by atoms with Crippen LogP contribution >= 0.6 is 0 Å². The fraction of sp³-hybridized carbons (Fsp3) is 0. The molecular weight excluding hydrogens is 156 g/mol. The molecular formula is C9H6O3. The fourth-order valence-electron chi connectivity index (χ4n) is 0.872. The van der Waals surface area contributed by atoms with Gasteiger partial charge in [0.05, 0.1) is 16.9 Å². The molecule has 1 heterocycles. The van der Waals surface area contributed by atoms with E-state index in [4.69, 9.17) is 5.48 Å². The van der Waals surface area contributed by atoms with Crippen LogP contribution in [0.5, 0.6) is 5.75 Å². The van der Waals surface area contributed by atoms with Gasteiger partial charge in [-0.1, -0.05) is 12.1 Å². The third-order valence-electron chi connectivity index (χ3n) is 1.37. The van der Waals surface area contributed by atoms with Crippen LogP contribution in [0.3, 0.4) is 0 Å². The van der Waals surface area contributed by atoms with Crippen molar-refractivity contribution in [2.75, 3.05) is 0 Å². The van der Waals surface area contributed by atoms with E-state index in [1.807, 2.05) is 0 Å². The molecule has 0 aliphatic carbocycles. The van der Waals surface area contributed by atoms with Crippen LogP contribution in [0.25, 0.3) is 11.0 Å². The molecule has 0 aliphatic heterocycles. The van der Waals surface area contributed by atoms with Crippen molar-refractivity contribution in [2.45, 2.75) is 0 Å². The van der Waals surface area contributed by atoms with Gasteiger partial charge in [-0.25, -0.2) is 4.79 Å². The second kappa shape index (κ2) is 2.37. The van der Waals surface area contributed by atoms with Crippen LogP contribution < -0.4 is 5.63 Å². The van der Waals surface area contributed by atoms with E-state index < -0.39 is 35.5 Å². The summed E-state index contributed by atoms with van der Waals surface area (Å²) in [6, 6.07) is -1.14. The predicted octanol–water partition coefficient (Wildman–Crippen LogP) is 1.50. The normalized spacial score (nSPS) is 15.0. The summed E-state index contributed by atoms with van der Waals surface area (Å²) in [6.07, 6.45) is 0. The Labute approximate surface area is 73.5 Å². The van der Waals surface area contributed by atoms with Crippen LogP contribution in [0.4, 0.5) is 0 Å². The Balaban J connectivity index is 3.14. The summed E-state index contributed by atoms with van der Waals surface area (Å²) in [4.78, 5) is 11.0. The highest BCUT2D eigenvalue weighted by Gasteiger charge is 2.01. The van der Waals surface area contributed by atoms with Crippen LogP contribution in [0.1, 0.15) is 5.48 Å². The molecule has 0 aliphatic rings. The lowest BCUT2D eigenvalue weighted by Gasteiger charge is -1.96. The smallest absolute Gasteiger partial charge is 0.339 e. The molecule has 0 amide bonds. The maximum atomic E-state index is 11.0. The minimum absolute atomic E-state index is 0.189. The Kier molecular flexibility index (Phi) is 0.743. The van der Waals surface area contributed by atoms with Crippen molar-refractivity contribution in [1.29, 1.82) is 0 Å². The van der Waals surface area contributed by atoms with E-state index in [0.29, 0.717) is 0 Å². The molecule has 12 heavy (non-hydrogen) atoms. The lowest BCUT2D eigenvalue weighted by molar-refractivity contribution is 0.468. The first-order valence-corrected chi connectivity index (χ1v) is 3.16. The molecule has 1 N–H and O–H groups in total. The first kappa shape index (κ1) is 3.76. The van der Waals surface area contributed by atoms with Gasteiger partial charge < -0.3 is 9.52 Å². The monoisotopic (exact) mass is 166 g/mol. The molecule has 2 rings (SSSR count). The molecule has 60 valence electrons. The van der Waals surface area contributed by atoms with E-state index >= 15 is 0 Å². The maximum absolute atomic E-state index is 11.0. The van der Waals surface area contributed by atoms with E-state index in [2.05, 4.69) is 4.42 Å². The minimum atomic E-state index is -0.866. The Morgan fingerprint density at radius 3 is 3.00 bits per heavy atom. The number of para-hydroxylation sites is 1. The van der Waals surface area contributed by atoms with Crippen LogP contribution in [-0.2, 0) is 0 Å². The first-order valence-electron chi connectivity index (χ1n) is 5.16. The SMILES string of the molecule is [2H]c1c([2H])c([2H])c2c(O)cc(=O)oc2c1[2H]. The number of benzene rings is 1. The first-order chi connectivity index (χ1) is 7.43. The van der Waals surface area contributed by atoms with Crippen molar-refractivity contribution in [3.05, 3.63) is 40.7 Å². The summed E-state index contributed by atoms with van der Waals surface area (Å²) in [5.41, 5.74) is -1.20. The summed E-state index contributed by atoms with van der Waals surface area (Å²) in [6.45, 7) is 0. The lowest BCUT2D eigenvalue weighted by Crippen LogP contribution is -1.94. The Bertz CT molecular complexity index is 647. The number of rotatable bonds is 0. The summed E-state index contributed by atoms with van der Waals surface area (Å²) in [5.74, 6) is -0.516. The van der Waals surface area contributed by atoms with E-state index in [1.165, 1.54) is 0 Å². The number of fused-ring (bicyclic) bond motifs is 1. The van der Waals surface area contributed by atoms with Gasteiger partial charge in [-0.2, -0.15) is 0 Å². The van der Waals surface area contributed by atoms with Gasteiger partial charge in [0, 0.05) is 0 Å². The summed E-state index contributed by atoms with van der Waals surface area (Å²) in [7, 11) is 0. The van der Waals surface area contributed by atoms with E-state index in [9.17, 15) is 9.90 Å². The standard InChI is InChI=1S/C9H6O3/c10-7-5-9(11)12-8-4-2-1-3-6(7)8/h1-5,10H/i1D,2D,3D,4D. The molecule has 2 aromatic rings. The second-order valence-electron chi connectivity index (χ2n) is 2.15. The van der Waals surface area contributed by atoms with E-state index in [0.717, 1.165) is 6.07 Å². The van der Waals surface area contributed by atoms with Crippen molar-refractivity contribution in [3.63, 3.8) is 0 Å². The average Bonchev–Trinajstić information content (AvgIpc) is 2.22. The van der Waals surface area contributed by atoms with Crippen LogP contribution in [0, 0.1) is 0 Å². The molecule has 3 nitrogen and oxygen atoms in total. The summed E-state index contributed by atoms with van der Waals surface area (Å²) in [5, 5.41) is 9.28. The quantitative estimate of drug-likeness (QED) is 0.603. The molecule has 0 bridgehead atoms. The minimum Gasteiger partial charge on any atom is -0.507 e. The zero-order valence-corrected chi connectivity index (χ0v) is 5.84. The molecule has 0 saturated carbocycles. The molecule has 3 heteroatoms. The van der Waals surface area contributed by atoms with Gasteiger partial charge in [-0.15, -0.1) is 0 Å². The molecule has 0 unspecified atom stereocenters. The number of hydrogen-bond donors (Lipinski definition) is 1. The van der Waals surface area contributed by atoms with Crippen molar-refractivity contribution in [1.82, 2.24) is 0 Å². The van der Waals surface area contributed by atoms with E-state index in [1.54, 1.807) is 0 Å². The van der Waals surface area contributed by atoms with Gasteiger partial charge in [-0.3, -0.25) is 0 Å². The lowest BCUT2D eigenvalue weighted by atomic mass is 10.2. The Morgan fingerprint density at radius 1 is 1.42 bits per heavy atom. The van der Waals surface area contributed by atoms with Gasteiger partial charge in [0.2, 0.25) is 0 Å². The van der Waals surface area contributed by atoms with Crippen LogP contribution in [0.15, 0.2) is 39.4 Å². The molecule has 0 radical (unpaired) electrons. The third-order valence-corrected chi connectivity index (χ3v) is 1.37. The summed E-state index contributed by atoms with van der Waals surface area (Å²) < 4.78 is 34.4. The second-order valence-corrected chi connectivity index (χ2v) is 2.15. The molecule has 0 spiro atoms. The fourth-order valence-corrected chi connectivity index (χ4v) is 0.872. The Morgan fingerprint density at radius 2 is 2.17 bits per heavy atom. The van der Waals surface area contributed by atoms with Gasteiger partial charge in [0.25, 0.3) is 0 Å². The highest BCUT2D eigenvalue weighted by atomic mass is 16.4. The topological polar surface area (TPSA) is 50.4 Å². The number of aromatic hydroxyl groups is 1. The van der Waals surface area contributed by atoms with Crippen molar-refractivity contribution in [2.24, 2.45) is 0 Å². The predicted molar refractivity (Wildman–Crippen MR) is 44.1 cm³/mol. The van der Waals surface area contributed by atoms with Gasteiger partial charge in [0.15, 0.2) is 0 Å². The number of hydrogen-bond acceptors (Lipinski definition) is 3.